The summed E-state index contributed by atoms with van der Waals surface area (Å²) in [4.78, 5) is 45.5. The van der Waals surface area contributed by atoms with E-state index in [9.17, 15) is 14.4 Å². The van der Waals surface area contributed by atoms with Gasteiger partial charge in [-0.25, -0.2) is 14.5 Å². The van der Waals surface area contributed by atoms with Crippen molar-refractivity contribution in [3.63, 3.8) is 0 Å². The zero-order valence-electron chi connectivity index (χ0n) is 18.8. The molecule has 3 aromatic rings. The Morgan fingerprint density at radius 2 is 1.69 bits per heavy atom. The number of pyridine rings is 1. The van der Waals surface area contributed by atoms with E-state index in [0.29, 0.717) is 12.2 Å². The monoisotopic (exact) mass is 469 g/mol. The van der Waals surface area contributed by atoms with Crippen LogP contribution >= 0.6 is 0 Å². The lowest BCUT2D eigenvalue weighted by Gasteiger charge is -2.48. The summed E-state index contributed by atoms with van der Waals surface area (Å²) >= 11 is 0. The Bertz CT molecular complexity index is 1230. The van der Waals surface area contributed by atoms with Gasteiger partial charge < -0.3 is 9.47 Å². The van der Waals surface area contributed by atoms with Crippen molar-refractivity contribution in [3.8, 4) is 5.75 Å². The number of ether oxygens (including phenoxy) is 2. The molecule has 2 saturated heterocycles. The number of likely N-dealkylation sites (tertiary alicyclic amines) is 1. The Kier molecular flexibility index (Phi) is 6.26. The fourth-order valence-electron chi connectivity index (χ4n) is 4.42. The molecule has 35 heavy (non-hydrogen) atoms. The normalized spacial score (nSPS) is 21.7. The zero-order valence-corrected chi connectivity index (χ0v) is 18.8. The summed E-state index contributed by atoms with van der Waals surface area (Å²) in [5.41, 5.74) is 1.80. The van der Waals surface area contributed by atoms with Crippen LogP contribution in [0.4, 0.5) is 9.59 Å². The predicted molar refractivity (Wildman–Crippen MR) is 127 cm³/mol. The molecule has 176 valence electrons. The molecule has 0 radical (unpaired) electrons. The third-order valence-corrected chi connectivity index (χ3v) is 6.12. The summed E-state index contributed by atoms with van der Waals surface area (Å²) in [6.07, 6.45) is 6.13. The van der Waals surface area contributed by atoms with Crippen molar-refractivity contribution in [2.24, 2.45) is 0 Å². The lowest BCUT2D eigenvalue weighted by molar-refractivity contribution is -0.152. The average Bonchev–Trinajstić information content (AvgIpc) is 3.25. The van der Waals surface area contributed by atoms with Crippen LogP contribution in [0, 0.1) is 0 Å². The first-order valence-electron chi connectivity index (χ1n) is 11.3. The number of carbonyl (C=O) groups is 3. The van der Waals surface area contributed by atoms with Gasteiger partial charge in [0.1, 0.15) is 18.4 Å². The number of para-hydroxylation sites is 1. The highest BCUT2D eigenvalue weighted by atomic mass is 16.6. The van der Waals surface area contributed by atoms with Crippen molar-refractivity contribution in [3.05, 3.63) is 102 Å². The van der Waals surface area contributed by atoms with Gasteiger partial charge >= 0.3 is 12.2 Å². The Morgan fingerprint density at radius 1 is 1.00 bits per heavy atom. The van der Waals surface area contributed by atoms with E-state index in [2.05, 4.69) is 4.98 Å². The van der Waals surface area contributed by atoms with Crippen LogP contribution in [-0.2, 0) is 9.53 Å². The third kappa shape index (κ3) is 4.50. The van der Waals surface area contributed by atoms with Gasteiger partial charge in [0.15, 0.2) is 0 Å². The first-order valence-corrected chi connectivity index (χ1v) is 11.3. The molecule has 0 unspecified atom stereocenters. The number of benzene rings is 2. The number of cyclic esters (lactones) is 1. The maximum absolute atomic E-state index is 13.3. The highest BCUT2D eigenvalue weighted by molar-refractivity contribution is 6.03. The van der Waals surface area contributed by atoms with Gasteiger partial charge in [-0.1, -0.05) is 60.7 Å². The van der Waals surface area contributed by atoms with Gasteiger partial charge in [-0.3, -0.25) is 14.7 Å². The van der Waals surface area contributed by atoms with E-state index < -0.39 is 36.2 Å². The molecular weight excluding hydrogens is 446 g/mol. The highest BCUT2D eigenvalue weighted by Crippen LogP contribution is 2.38. The summed E-state index contributed by atoms with van der Waals surface area (Å²) < 4.78 is 10.8. The molecule has 0 N–H and O–H groups in total. The number of hydrogen-bond donors (Lipinski definition) is 0. The Morgan fingerprint density at radius 3 is 2.40 bits per heavy atom. The number of β-lactam (4-membered cyclic amide) rings is 1. The molecule has 0 bridgehead atoms. The summed E-state index contributed by atoms with van der Waals surface area (Å²) in [5, 5.41) is 0. The molecule has 2 aliphatic heterocycles. The number of rotatable bonds is 6. The molecule has 3 atom stereocenters. The van der Waals surface area contributed by atoms with Crippen LogP contribution in [-0.4, -0.2) is 51.6 Å². The van der Waals surface area contributed by atoms with Crippen LogP contribution in [0.1, 0.15) is 23.6 Å². The molecule has 2 aromatic carbocycles. The summed E-state index contributed by atoms with van der Waals surface area (Å²) in [6, 6.07) is 19.8. The van der Waals surface area contributed by atoms with Crippen LogP contribution in [0.25, 0.3) is 6.08 Å². The standard InChI is InChI=1S/C27H23N3O5/c31-25-24(29-23(18-34-26(29)32)20-9-3-1-4-10-20)22(13-7-8-19-14-16-28-17-15-19)30(25)27(33)35-21-11-5-2-6-12-21/h1-12,14-17,22-24H,13,18H2/b8-7+/t22-,23-,24-/m1/s1. The quantitative estimate of drug-likeness (QED) is 0.496. The predicted octanol–water partition coefficient (Wildman–Crippen LogP) is 4.46. The topological polar surface area (TPSA) is 89.0 Å². The van der Waals surface area contributed by atoms with E-state index >= 15 is 0 Å². The van der Waals surface area contributed by atoms with E-state index in [1.807, 2.05) is 54.6 Å². The number of amides is 3. The second-order valence-electron chi connectivity index (χ2n) is 8.23. The van der Waals surface area contributed by atoms with Crippen molar-refractivity contribution in [2.45, 2.75) is 24.5 Å². The molecule has 2 aliphatic rings. The van der Waals surface area contributed by atoms with Crippen LogP contribution in [0.5, 0.6) is 5.75 Å². The molecule has 2 fully saturated rings. The molecule has 8 nitrogen and oxygen atoms in total. The van der Waals surface area contributed by atoms with E-state index in [-0.39, 0.29) is 6.61 Å². The van der Waals surface area contributed by atoms with Gasteiger partial charge in [0.25, 0.3) is 5.91 Å². The number of nitrogens with zero attached hydrogens (tertiary/aromatic N) is 3. The molecule has 5 rings (SSSR count). The first kappa shape index (κ1) is 22.3. The lowest BCUT2D eigenvalue weighted by atomic mass is 9.89. The molecule has 0 saturated carbocycles. The van der Waals surface area contributed by atoms with Gasteiger partial charge in [0.05, 0.1) is 12.1 Å². The number of carbonyl (C=O) groups excluding carboxylic acids is 3. The smallest absolute Gasteiger partial charge is 0.422 e. The summed E-state index contributed by atoms with van der Waals surface area (Å²) in [6.45, 7) is 0.140. The minimum atomic E-state index is -0.847. The molecule has 0 spiro atoms. The number of imide groups is 1. The average molecular weight is 469 g/mol. The zero-order chi connectivity index (χ0) is 24.2. The molecule has 0 aliphatic carbocycles. The summed E-state index contributed by atoms with van der Waals surface area (Å²) in [5.74, 6) is -0.157. The number of aromatic nitrogens is 1. The van der Waals surface area contributed by atoms with Crippen LogP contribution < -0.4 is 4.74 Å². The van der Waals surface area contributed by atoms with Gasteiger partial charge in [0.2, 0.25) is 0 Å². The van der Waals surface area contributed by atoms with Gasteiger partial charge in [-0.15, -0.1) is 0 Å². The fraction of sp³-hybridized carbons (Fsp3) is 0.185. The molecule has 1 aromatic heterocycles. The van der Waals surface area contributed by atoms with Crippen molar-refractivity contribution < 1.29 is 23.9 Å². The van der Waals surface area contributed by atoms with Crippen molar-refractivity contribution in [2.75, 3.05) is 6.61 Å². The van der Waals surface area contributed by atoms with E-state index in [1.165, 1.54) is 4.90 Å². The van der Waals surface area contributed by atoms with Gasteiger partial charge in [-0.05, 0) is 41.8 Å². The van der Waals surface area contributed by atoms with E-state index in [1.54, 1.807) is 42.7 Å². The van der Waals surface area contributed by atoms with Crippen molar-refractivity contribution in [1.82, 2.24) is 14.8 Å². The molecule has 3 amide bonds. The van der Waals surface area contributed by atoms with Crippen molar-refractivity contribution in [1.29, 1.82) is 0 Å². The van der Waals surface area contributed by atoms with Crippen LogP contribution in [0.2, 0.25) is 0 Å². The maximum atomic E-state index is 13.3. The third-order valence-electron chi connectivity index (χ3n) is 6.12. The lowest BCUT2D eigenvalue weighted by Crippen LogP contribution is -2.72. The Hall–Kier alpha value is -4.46. The maximum Gasteiger partial charge on any atom is 0.422 e. The van der Waals surface area contributed by atoms with Crippen molar-refractivity contribution >= 4 is 24.2 Å². The molecule has 8 heteroatoms. The molecular formula is C27H23N3O5. The number of hydrogen-bond acceptors (Lipinski definition) is 6. The van der Waals surface area contributed by atoms with Crippen LogP contribution in [0.3, 0.4) is 0 Å². The SMILES string of the molecule is O=C(Oc1ccccc1)N1C(=O)[C@H](N2C(=O)OC[C@@H]2c2ccccc2)[C@H]1C/C=C/c1ccncc1. The van der Waals surface area contributed by atoms with Crippen LogP contribution in [0.15, 0.2) is 91.3 Å². The second kappa shape index (κ2) is 9.80. The van der Waals surface area contributed by atoms with E-state index in [0.717, 1.165) is 16.0 Å². The second-order valence-corrected chi connectivity index (χ2v) is 8.23. The Balaban J connectivity index is 1.41. The molecule has 3 heterocycles. The van der Waals surface area contributed by atoms with Gasteiger partial charge in [0, 0.05) is 12.4 Å². The first-order chi connectivity index (χ1) is 17.1. The largest absolute Gasteiger partial charge is 0.447 e. The minimum absolute atomic E-state index is 0.140. The van der Waals surface area contributed by atoms with Gasteiger partial charge in [-0.2, -0.15) is 0 Å². The highest BCUT2D eigenvalue weighted by Gasteiger charge is 2.58. The minimum Gasteiger partial charge on any atom is -0.447 e. The summed E-state index contributed by atoms with van der Waals surface area (Å²) in [7, 11) is 0. The Labute approximate surface area is 202 Å². The fourth-order valence-corrected chi connectivity index (χ4v) is 4.42. The van der Waals surface area contributed by atoms with E-state index in [4.69, 9.17) is 9.47 Å².